The topological polar surface area (TPSA) is 29.3 Å². The first-order valence-corrected chi connectivity index (χ1v) is 6.03. The lowest BCUT2D eigenvalue weighted by Gasteiger charge is -2.30. The Morgan fingerprint density at radius 2 is 2.18 bits per heavy atom. The zero-order valence-electron chi connectivity index (χ0n) is 10.4. The van der Waals surface area contributed by atoms with Crippen LogP contribution in [0.3, 0.4) is 0 Å². The van der Waals surface area contributed by atoms with Gasteiger partial charge >= 0.3 is 0 Å². The fraction of sp³-hybridized carbons (Fsp3) is 0.429. The summed E-state index contributed by atoms with van der Waals surface area (Å²) in [4.78, 5) is 2.26. The van der Waals surface area contributed by atoms with Gasteiger partial charge in [-0.1, -0.05) is 11.6 Å². The molecule has 1 aromatic rings. The molecule has 1 aliphatic heterocycles. The van der Waals surface area contributed by atoms with E-state index in [4.69, 9.17) is 5.73 Å². The standard InChI is InChI=1S/C14H19FN2/c1-10-5-7-17(8-6-10)14-4-3-12(15)9-13(14)11(2)16/h3-5,9,11H,6-8,16H2,1-2H3/t11-/m0/s1. The SMILES string of the molecule is CC1=CCN(c2ccc(F)cc2[C@H](C)N)CC1. The van der Waals surface area contributed by atoms with E-state index in [-0.39, 0.29) is 11.9 Å². The van der Waals surface area contributed by atoms with Crippen molar-refractivity contribution in [3.05, 3.63) is 41.2 Å². The van der Waals surface area contributed by atoms with Crippen molar-refractivity contribution >= 4 is 5.69 Å². The summed E-state index contributed by atoms with van der Waals surface area (Å²) in [5.74, 6) is -0.218. The lowest BCUT2D eigenvalue weighted by atomic mass is 10.0. The fourth-order valence-corrected chi connectivity index (χ4v) is 2.17. The molecule has 1 atom stereocenters. The summed E-state index contributed by atoms with van der Waals surface area (Å²) in [5, 5.41) is 0. The maximum Gasteiger partial charge on any atom is 0.123 e. The molecule has 1 aliphatic rings. The van der Waals surface area contributed by atoms with Gasteiger partial charge in [0.1, 0.15) is 5.82 Å². The van der Waals surface area contributed by atoms with Gasteiger partial charge in [-0.05, 0) is 44.0 Å². The molecule has 0 spiro atoms. The second kappa shape index (κ2) is 4.88. The first-order chi connectivity index (χ1) is 8.08. The number of nitrogens with two attached hydrogens (primary N) is 1. The van der Waals surface area contributed by atoms with Gasteiger partial charge in [-0.15, -0.1) is 0 Å². The summed E-state index contributed by atoms with van der Waals surface area (Å²) in [6.45, 7) is 5.91. The van der Waals surface area contributed by atoms with Crippen molar-refractivity contribution in [1.29, 1.82) is 0 Å². The number of benzene rings is 1. The minimum Gasteiger partial charge on any atom is -0.367 e. The second-order valence-corrected chi connectivity index (χ2v) is 4.74. The third kappa shape index (κ3) is 2.67. The van der Waals surface area contributed by atoms with Crippen molar-refractivity contribution in [1.82, 2.24) is 0 Å². The summed E-state index contributed by atoms with van der Waals surface area (Å²) < 4.78 is 13.3. The summed E-state index contributed by atoms with van der Waals surface area (Å²) in [7, 11) is 0. The first-order valence-electron chi connectivity index (χ1n) is 6.03. The number of hydrogen-bond acceptors (Lipinski definition) is 2. The van der Waals surface area contributed by atoms with Crippen LogP contribution >= 0.6 is 0 Å². The molecule has 0 aliphatic carbocycles. The molecule has 92 valence electrons. The van der Waals surface area contributed by atoms with E-state index in [1.165, 1.54) is 11.6 Å². The number of halogens is 1. The molecule has 0 saturated heterocycles. The van der Waals surface area contributed by atoms with Crippen molar-refractivity contribution in [2.75, 3.05) is 18.0 Å². The van der Waals surface area contributed by atoms with Gasteiger partial charge in [0.15, 0.2) is 0 Å². The maximum atomic E-state index is 13.3. The van der Waals surface area contributed by atoms with Crippen LogP contribution in [0.1, 0.15) is 31.9 Å². The highest BCUT2D eigenvalue weighted by Crippen LogP contribution is 2.28. The lowest BCUT2D eigenvalue weighted by Crippen LogP contribution is -2.29. The predicted molar refractivity (Wildman–Crippen MR) is 69.6 cm³/mol. The van der Waals surface area contributed by atoms with Crippen molar-refractivity contribution in [3.8, 4) is 0 Å². The highest BCUT2D eigenvalue weighted by Gasteiger charge is 2.16. The average molecular weight is 234 g/mol. The largest absolute Gasteiger partial charge is 0.367 e. The van der Waals surface area contributed by atoms with Crippen LogP contribution < -0.4 is 10.6 Å². The minimum absolute atomic E-state index is 0.146. The summed E-state index contributed by atoms with van der Waals surface area (Å²) in [6.07, 6.45) is 3.29. The Labute approximate surface area is 102 Å². The van der Waals surface area contributed by atoms with Gasteiger partial charge in [0.25, 0.3) is 0 Å². The number of nitrogens with zero attached hydrogens (tertiary/aromatic N) is 1. The predicted octanol–water partition coefficient (Wildman–Crippen LogP) is 3.00. The van der Waals surface area contributed by atoms with Gasteiger partial charge in [0, 0.05) is 24.8 Å². The molecule has 2 nitrogen and oxygen atoms in total. The molecule has 17 heavy (non-hydrogen) atoms. The Balaban J connectivity index is 2.32. The molecule has 2 rings (SSSR count). The Hall–Kier alpha value is -1.35. The van der Waals surface area contributed by atoms with Crippen LogP contribution in [0.5, 0.6) is 0 Å². The molecule has 0 unspecified atom stereocenters. The Bertz CT molecular complexity index is 438. The van der Waals surface area contributed by atoms with Crippen molar-refractivity contribution in [2.24, 2.45) is 5.73 Å². The average Bonchev–Trinajstić information content (AvgIpc) is 2.30. The van der Waals surface area contributed by atoms with Crippen LogP contribution in [-0.2, 0) is 0 Å². The van der Waals surface area contributed by atoms with E-state index in [0.717, 1.165) is 30.8 Å². The van der Waals surface area contributed by atoms with E-state index in [9.17, 15) is 4.39 Å². The second-order valence-electron chi connectivity index (χ2n) is 4.74. The molecule has 0 radical (unpaired) electrons. The molecule has 0 aromatic heterocycles. The van der Waals surface area contributed by atoms with Crippen LogP contribution in [-0.4, -0.2) is 13.1 Å². The maximum absolute atomic E-state index is 13.3. The molecule has 2 N–H and O–H groups in total. The molecule has 0 fully saturated rings. The van der Waals surface area contributed by atoms with E-state index in [2.05, 4.69) is 17.9 Å². The van der Waals surface area contributed by atoms with E-state index < -0.39 is 0 Å². The van der Waals surface area contributed by atoms with Crippen LogP contribution in [0.2, 0.25) is 0 Å². The Morgan fingerprint density at radius 3 is 2.76 bits per heavy atom. The third-order valence-electron chi connectivity index (χ3n) is 3.26. The smallest absolute Gasteiger partial charge is 0.123 e. The Morgan fingerprint density at radius 1 is 1.41 bits per heavy atom. The number of rotatable bonds is 2. The lowest BCUT2D eigenvalue weighted by molar-refractivity contribution is 0.621. The molecule has 0 bridgehead atoms. The quantitative estimate of drug-likeness (QED) is 0.797. The third-order valence-corrected chi connectivity index (χ3v) is 3.26. The van der Waals surface area contributed by atoms with Gasteiger partial charge in [-0.2, -0.15) is 0 Å². The van der Waals surface area contributed by atoms with Gasteiger partial charge in [0.05, 0.1) is 0 Å². The zero-order valence-corrected chi connectivity index (χ0v) is 10.4. The fourth-order valence-electron chi connectivity index (χ4n) is 2.17. The number of anilines is 1. The monoisotopic (exact) mass is 234 g/mol. The molecule has 1 heterocycles. The first kappa shape index (κ1) is 12.1. The zero-order chi connectivity index (χ0) is 12.4. The molecular weight excluding hydrogens is 215 g/mol. The highest BCUT2D eigenvalue weighted by molar-refractivity contribution is 5.56. The molecule has 1 aromatic carbocycles. The Kier molecular flexibility index (Phi) is 3.48. The summed E-state index contributed by atoms with van der Waals surface area (Å²) in [6, 6.07) is 4.74. The van der Waals surface area contributed by atoms with Crippen molar-refractivity contribution < 1.29 is 4.39 Å². The summed E-state index contributed by atoms with van der Waals surface area (Å²) >= 11 is 0. The minimum atomic E-state index is -0.218. The van der Waals surface area contributed by atoms with Gasteiger partial charge in [-0.3, -0.25) is 0 Å². The number of hydrogen-bond donors (Lipinski definition) is 1. The van der Waals surface area contributed by atoms with Crippen molar-refractivity contribution in [2.45, 2.75) is 26.3 Å². The van der Waals surface area contributed by atoms with Gasteiger partial charge in [-0.25, -0.2) is 4.39 Å². The van der Waals surface area contributed by atoms with Crippen LogP contribution in [0.25, 0.3) is 0 Å². The molecule has 0 amide bonds. The van der Waals surface area contributed by atoms with Crippen LogP contribution in [0.4, 0.5) is 10.1 Å². The van der Waals surface area contributed by atoms with E-state index in [1.54, 1.807) is 6.07 Å². The normalized spacial score (nSPS) is 17.9. The van der Waals surface area contributed by atoms with Gasteiger partial charge < -0.3 is 10.6 Å². The van der Waals surface area contributed by atoms with Crippen LogP contribution in [0.15, 0.2) is 29.8 Å². The van der Waals surface area contributed by atoms with Crippen molar-refractivity contribution in [3.63, 3.8) is 0 Å². The van der Waals surface area contributed by atoms with E-state index >= 15 is 0 Å². The van der Waals surface area contributed by atoms with E-state index in [0.29, 0.717) is 0 Å². The highest BCUT2D eigenvalue weighted by atomic mass is 19.1. The van der Waals surface area contributed by atoms with Gasteiger partial charge in [0.2, 0.25) is 0 Å². The molecular formula is C14H19FN2. The molecule has 0 saturated carbocycles. The summed E-state index contributed by atoms with van der Waals surface area (Å²) in [5.41, 5.74) is 9.28. The molecule has 3 heteroatoms. The van der Waals surface area contributed by atoms with Crippen LogP contribution in [0, 0.1) is 5.82 Å². The van der Waals surface area contributed by atoms with E-state index in [1.807, 2.05) is 13.0 Å².